The molecule has 0 aliphatic heterocycles. The molecule has 86 valence electrons. The van der Waals surface area contributed by atoms with Gasteiger partial charge in [0.2, 0.25) is 0 Å². The first-order valence-electron chi connectivity index (χ1n) is 5.15. The number of rotatable bonds is 3. The molecule has 0 saturated carbocycles. The van der Waals surface area contributed by atoms with Crippen molar-refractivity contribution in [2.24, 2.45) is 0 Å². The molecule has 0 fully saturated rings. The van der Waals surface area contributed by atoms with Gasteiger partial charge in [-0.1, -0.05) is 18.2 Å². The summed E-state index contributed by atoms with van der Waals surface area (Å²) in [5.41, 5.74) is 2.51. The minimum Gasteiger partial charge on any atom is -0.340 e. The van der Waals surface area contributed by atoms with E-state index in [1.807, 2.05) is 31.2 Å². The first-order valence-corrected chi connectivity index (χ1v) is 5.53. The number of benzene rings is 1. The Labute approximate surface area is 104 Å². The number of hydrogen-bond donors (Lipinski definition) is 1. The molecular formula is C13H11ClN2O. The zero-order chi connectivity index (χ0) is 12.3. The Morgan fingerprint density at radius 3 is 2.59 bits per heavy atom. The van der Waals surface area contributed by atoms with Gasteiger partial charge in [0.15, 0.2) is 0 Å². The Kier molecular flexibility index (Phi) is 3.40. The lowest BCUT2D eigenvalue weighted by Gasteiger charge is -2.08. The average molecular weight is 247 g/mol. The number of aryl methyl sites for hydroxylation is 1. The predicted molar refractivity (Wildman–Crippen MR) is 68.9 cm³/mol. The number of nitrogens with zero attached hydrogens (tertiary/aromatic N) is 1. The molecule has 1 heterocycles. The molecule has 17 heavy (non-hydrogen) atoms. The monoisotopic (exact) mass is 246 g/mol. The highest BCUT2D eigenvalue weighted by Gasteiger charge is 2.03. The number of nitrogens with one attached hydrogen (secondary N) is 1. The normalized spacial score (nSPS) is 10.0. The average Bonchev–Trinajstić information content (AvgIpc) is 2.33. The molecule has 0 spiro atoms. The van der Waals surface area contributed by atoms with E-state index >= 15 is 0 Å². The van der Waals surface area contributed by atoms with Gasteiger partial charge >= 0.3 is 0 Å². The summed E-state index contributed by atoms with van der Waals surface area (Å²) < 4.78 is 0. The number of para-hydroxylation sites is 1. The van der Waals surface area contributed by atoms with Crippen molar-refractivity contribution in [3.8, 4) is 0 Å². The van der Waals surface area contributed by atoms with E-state index in [-0.39, 0.29) is 0 Å². The summed E-state index contributed by atoms with van der Waals surface area (Å²) in [4.78, 5) is 15.0. The van der Waals surface area contributed by atoms with Gasteiger partial charge in [-0.3, -0.25) is 4.79 Å². The maximum Gasteiger partial charge on any atom is 0.253 e. The smallest absolute Gasteiger partial charge is 0.253 e. The summed E-state index contributed by atoms with van der Waals surface area (Å²) in [5, 5.41) is 2.67. The van der Waals surface area contributed by atoms with Crippen LogP contribution in [0.15, 0.2) is 42.6 Å². The number of aromatic nitrogens is 1. The molecule has 4 heteroatoms. The van der Waals surface area contributed by atoms with Crippen LogP contribution >= 0.6 is 11.6 Å². The Hall–Kier alpha value is -1.87. The number of halogens is 1. The maximum absolute atomic E-state index is 10.9. The van der Waals surface area contributed by atoms with Crippen LogP contribution in [0.2, 0.25) is 0 Å². The van der Waals surface area contributed by atoms with Crippen molar-refractivity contribution >= 4 is 28.3 Å². The van der Waals surface area contributed by atoms with Crippen molar-refractivity contribution in [1.82, 2.24) is 4.98 Å². The van der Waals surface area contributed by atoms with Crippen LogP contribution in [0, 0.1) is 6.92 Å². The molecular weight excluding hydrogens is 236 g/mol. The minimum atomic E-state index is -0.500. The fourth-order valence-electron chi connectivity index (χ4n) is 1.44. The molecule has 2 aromatic rings. The van der Waals surface area contributed by atoms with E-state index < -0.39 is 5.24 Å². The summed E-state index contributed by atoms with van der Waals surface area (Å²) in [6.45, 7) is 2.01. The van der Waals surface area contributed by atoms with Crippen LogP contribution < -0.4 is 5.32 Å². The van der Waals surface area contributed by atoms with Gasteiger partial charge in [0.1, 0.15) is 5.82 Å². The fourth-order valence-corrected chi connectivity index (χ4v) is 1.55. The Morgan fingerprint density at radius 2 is 2.00 bits per heavy atom. The van der Waals surface area contributed by atoms with Crippen LogP contribution in [0.3, 0.4) is 0 Å². The topological polar surface area (TPSA) is 42.0 Å². The van der Waals surface area contributed by atoms with Crippen LogP contribution in [-0.2, 0) is 0 Å². The summed E-state index contributed by atoms with van der Waals surface area (Å²) in [6.07, 6.45) is 1.45. The standard InChI is InChI=1S/C13H11ClN2O/c1-9-4-2-3-5-11(9)16-12-7-6-10(8-15-12)13(14)17/h2-8H,1H3,(H,15,16). The highest BCUT2D eigenvalue weighted by atomic mass is 35.5. The van der Waals surface area contributed by atoms with E-state index in [9.17, 15) is 4.79 Å². The van der Waals surface area contributed by atoms with Crippen LogP contribution in [-0.4, -0.2) is 10.2 Å². The second-order valence-corrected chi connectivity index (χ2v) is 3.99. The Balaban J connectivity index is 2.20. The molecule has 0 aliphatic rings. The molecule has 1 aromatic carbocycles. The van der Waals surface area contributed by atoms with Gasteiger partial charge in [-0.2, -0.15) is 0 Å². The zero-order valence-electron chi connectivity index (χ0n) is 9.27. The Bertz CT molecular complexity index is 537. The van der Waals surface area contributed by atoms with Gasteiger partial charge in [-0.15, -0.1) is 0 Å². The molecule has 0 radical (unpaired) electrons. The predicted octanol–water partition coefficient (Wildman–Crippen LogP) is 3.51. The lowest BCUT2D eigenvalue weighted by Crippen LogP contribution is -1.97. The van der Waals surface area contributed by atoms with E-state index in [0.717, 1.165) is 11.3 Å². The third-order valence-electron chi connectivity index (χ3n) is 2.40. The number of carbonyl (C=O) groups excluding carboxylic acids is 1. The second kappa shape index (κ2) is 4.97. The zero-order valence-corrected chi connectivity index (χ0v) is 10.0. The van der Waals surface area contributed by atoms with E-state index in [4.69, 9.17) is 11.6 Å². The van der Waals surface area contributed by atoms with E-state index in [1.54, 1.807) is 12.1 Å². The van der Waals surface area contributed by atoms with Crippen molar-refractivity contribution < 1.29 is 4.79 Å². The highest BCUT2D eigenvalue weighted by molar-refractivity contribution is 6.67. The van der Waals surface area contributed by atoms with Crippen molar-refractivity contribution in [3.05, 3.63) is 53.7 Å². The molecule has 1 aromatic heterocycles. The number of hydrogen-bond acceptors (Lipinski definition) is 3. The molecule has 0 amide bonds. The number of pyridine rings is 1. The van der Waals surface area contributed by atoms with Gasteiger partial charge in [0.25, 0.3) is 5.24 Å². The lowest BCUT2D eigenvalue weighted by molar-refractivity contribution is 0.108. The third-order valence-corrected chi connectivity index (χ3v) is 2.62. The first-order chi connectivity index (χ1) is 8.16. The molecule has 0 atom stereocenters. The number of anilines is 2. The van der Waals surface area contributed by atoms with Crippen LogP contribution in [0.1, 0.15) is 15.9 Å². The van der Waals surface area contributed by atoms with Crippen molar-refractivity contribution in [2.75, 3.05) is 5.32 Å². The maximum atomic E-state index is 10.9. The van der Waals surface area contributed by atoms with Gasteiger partial charge < -0.3 is 5.32 Å². The molecule has 1 N–H and O–H groups in total. The summed E-state index contributed by atoms with van der Waals surface area (Å²) in [7, 11) is 0. The summed E-state index contributed by atoms with van der Waals surface area (Å²) in [5.74, 6) is 0.681. The van der Waals surface area contributed by atoms with Gasteiger partial charge in [0.05, 0.1) is 5.56 Å². The molecule has 2 rings (SSSR count). The lowest BCUT2D eigenvalue weighted by atomic mass is 10.2. The number of carbonyl (C=O) groups is 1. The van der Waals surface area contributed by atoms with Crippen LogP contribution in [0.25, 0.3) is 0 Å². The summed E-state index contributed by atoms with van der Waals surface area (Å²) >= 11 is 5.34. The molecule has 0 saturated heterocycles. The van der Waals surface area contributed by atoms with Crippen LogP contribution in [0.4, 0.5) is 11.5 Å². The van der Waals surface area contributed by atoms with Gasteiger partial charge in [-0.05, 0) is 42.3 Å². The minimum absolute atomic E-state index is 0.391. The molecule has 3 nitrogen and oxygen atoms in total. The molecule has 0 unspecified atom stereocenters. The van der Waals surface area contributed by atoms with Crippen molar-refractivity contribution in [1.29, 1.82) is 0 Å². The fraction of sp³-hybridized carbons (Fsp3) is 0.0769. The SMILES string of the molecule is Cc1ccccc1Nc1ccc(C(=O)Cl)cn1. The largest absolute Gasteiger partial charge is 0.340 e. The third kappa shape index (κ3) is 2.82. The van der Waals surface area contributed by atoms with E-state index in [1.165, 1.54) is 6.20 Å². The summed E-state index contributed by atoms with van der Waals surface area (Å²) in [6, 6.07) is 11.3. The highest BCUT2D eigenvalue weighted by Crippen LogP contribution is 2.18. The van der Waals surface area contributed by atoms with E-state index in [2.05, 4.69) is 10.3 Å². The van der Waals surface area contributed by atoms with Crippen molar-refractivity contribution in [3.63, 3.8) is 0 Å². The second-order valence-electron chi connectivity index (χ2n) is 3.65. The van der Waals surface area contributed by atoms with Gasteiger partial charge in [0, 0.05) is 11.9 Å². The Morgan fingerprint density at radius 1 is 1.24 bits per heavy atom. The molecule has 0 aliphatic carbocycles. The van der Waals surface area contributed by atoms with Crippen LogP contribution in [0.5, 0.6) is 0 Å². The first kappa shape index (κ1) is 11.6. The molecule has 0 bridgehead atoms. The quantitative estimate of drug-likeness (QED) is 0.843. The van der Waals surface area contributed by atoms with E-state index in [0.29, 0.717) is 11.4 Å². The van der Waals surface area contributed by atoms with Crippen molar-refractivity contribution in [2.45, 2.75) is 6.92 Å². The van der Waals surface area contributed by atoms with Gasteiger partial charge in [-0.25, -0.2) is 4.98 Å².